The predicted molar refractivity (Wildman–Crippen MR) is 79.8 cm³/mol. The number of hydrogen-bond donors (Lipinski definition) is 1. The lowest BCUT2D eigenvalue weighted by Crippen LogP contribution is -2.25. The summed E-state index contributed by atoms with van der Waals surface area (Å²) < 4.78 is 2.20. The van der Waals surface area contributed by atoms with Gasteiger partial charge in [0.05, 0.1) is 11.4 Å². The number of thiazole rings is 1. The van der Waals surface area contributed by atoms with Crippen molar-refractivity contribution in [3.63, 3.8) is 0 Å². The third-order valence-corrected chi connectivity index (χ3v) is 4.64. The quantitative estimate of drug-likeness (QED) is 0.823. The first-order valence-corrected chi connectivity index (χ1v) is 8.06. The number of likely N-dealkylation sites (tertiary alicyclic amines) is 1. The molecule has 104 valence electrons. The number of nitrogens with one attached hydrogen (secondary N) is 1. The highest BCUT2D eigenvalue weighted by atomic mass is 32.1. The first-order valence-electron chi connectivity index (χ1n) is 7.19. The molecule has 0 spiro atoms. The van der Waals surface area contributed by atoms with Gasteiger partial charge in [-0.2, -0.15) is 0 Å². The second kappa shape index (κ2) is 6.03. The number of nitrogens with zero attached hydrogens (tertiary/aromatic N) is 3. The number of aromatic nitrogens is 2. The van der Waals surface area contributed by atoms with E-state index in [4.69, 9.17) is 0 Å². The Hall–Kier alpha value is -0.910. The van der Waals surface area contributed by atoms with Gasteiger partial charge in [0, 0.05) is 18.1 Å². The Morgan fingerprint density at radius 3 is 3.05 bits per heavy atom. The molecule has 1 aliphatic heterocycles. The van der Waals surface area contributed by atoms with Crippen LogP contribution in [0.15, 0.2) is 11.6 Å². The fourth-order valence-corrected chi connectivity index (χ4v) is 3.57. The van der Waals surface area contributed by atoms with Crippen molar-refractivity contribution in [2.45, 2.75) is 32.7 Å². The molecule has 3 rings (SSSR count). The van der Waals surface area contributed by atoms with E-state index in [1.165, 1.54) is 44.6 Å². The maximum absolute atomic E-state index is 4.57. The minimum atomic E-state index is 0.920. The summed E-state index contributed by atoms with van der Waals surface area (Å²) in [7, 11) is 0. The van der Waals surface area contributed by atoms with Crippen LogP contribution in [0.3, 0.4) is 0 Å². The van der Waals surface area contributed by atoms with Gasteiger partial charge < -0.3 is 10.2 Å². The molecular formula is C14H22N4S. The van der Waals surface area contributed by atoms with E-state index >= 15 is 0 Å². The van der Waals surface area contributed by atoms with Crippen LogP contribution in [0.25, 0.3) is 4.96 Å². The number of aryl methyl sites for hydroxylation is 1. The van der Waals surface area contributed by atoms with Crippen LogP contribution in [0.1, 0.15) is 30.7 Å². The van der Waals surface area contributed by atoms with Crippen molar-refractivity contribution in [2.75, 3.05) is 26.2 Å². The molecule has 0 unspecified atom stereocenters. The Morgan fingerprint density at radius 1 is 1.37 bits per heavy atom. The molecule has 5 heteroatoms. The van der Waals surface area contributed by atoms with Crippen LogP contribution in [-0.4, -0.2) is 40.5 Å². The van der Waals surface area contributed by atoms with Crippen LogP contribution in [0, 0.1) is 6.92 Å². The maximum Gasteiger partial charge on any atom is 0.194 e. The Balaban J connectivity index is 1.44. The lowest BCUT2D eigenvalue weighted by molar-refractivity contribution is 0.331. The van der Waals surface area contributed by atoms with Gasteiger partial charge in [-0.05, 0) is 52.4 Å². The molecule has 0 amide bonds. The molecule has 0 aromatic carbocycles. The Bertz CT molecular complexity index is 525. The van der Waals surface area contributed by atoms with Crippen LogP contribution in [-0.2, 0) is 6.54 Å². The van der Waals surface area contributed by atoms with E-state index in [-0.39, 0.29) is 0 Å². The highest BCUT2D eigenvalue weighted by molar-refractivity contribution is 7.15. The highest BCUT2D eigenvalue weighted by Gasteiger charge is 2.11. The number of imidazole rings is 1. The van der Waals surface area contributed by atoms with E-state index in [2.05, 4.69) is 38.1 Å². The van der Waals surface area contributed by atoms with Crippen molar-refractivity contribution in [1.29, 1.82) is 0 Å². The highest BCUT2D eigenvalue weighted by Crippen LogP contribution is 2.16. The zero-order valence-electron chi connectivity index (χ0n) is 11.6. The molecule has 3 heterocycles. The third-order valence-electron chi connectivity index (χ3n) is 3.88. The van der Waals surface area contributed by atoms with Crippen molar-refractivity contribution in [3.05, 3.63) is 23.0 Å². The molecule has 1 saturated heterocycles. The summed E-state index contributed by atoms with van der Waals surface area (Å²) in [5.74, 6) is 0. The first kappa shape index (κ1) is 13.1. The second-order valence-corrected chi connectivity index (χ2v) is 6.15. The normalized spacial score (nSPS) is 16.7. The van der Waals surface area contributed by atoms with Gasteiger partial charge in [-0.1, -0.05) is 0 Å². The molecule has 2 aromatic rings. The number of rotatable bonds is 6. The van der Waals surface area contributed by atoms with Crippen molar-refractivity contribution in [3.8, 4) is 0 Å². The summed E-state index contributed by atoms with van der Waals surface area (Å²) in [6.45, 7) is 7.96. The van der Waals surface area contributed by atoms with Gasteiger partial charge in [-0.3, -0.25) is 4.40 Å². The van der Waals surface area contributed by atoms with Crippen molar-refractivity contribution >= 4 is 16.3 Å². The van der Waals surface area contributed by atoms with Gasteiger partial charge >= 0.3 is 0 Å². The number of fused-ring (bicyclic) bond motifs is 1. The average Bonchev–Trinajstić information content (AvgIpc) is 3.08. The molecular weight excluding hydrogens is 256 g/mol. The van der Waals surface area contributed by atoms with Crippen molar-refractivity contribution in [2.24, 2.45) is 0 Å². The zero-order valence-corrected chi connectivity index (χ0v) is 12.4. The van der Waals surface area contributed by atoms with Gasteiger partial charge in [0.15, 0.2) is 4.96 Å². The van der Waals surface area contributed by atoms with E-state index in [1.54, 1.807) is 11.3 Å². The summed E-state index contributed by atoms with van der Waals surface area (Å²) in [6.07, 6.45) is 6.13. The molecule has 1 N–H and O–H groups in total. The van der Waals surface area contributed by atoms with Gasteiger partial charge in [-0.25, -0.2) is 4.98 Å². The molecule has 1 fully saturated rings. The molecule has 4 nitrogen and oxygen atoms in total. The van der Waals surface area contributed by atoms with Crippen molar-refractivity contribution in [1.82, 2.24) is 19.6 Å². The van der Waals surface area contributed by atoms with Gasteiger partial charge in [-0.15, -0.1) is 11.3 Å². The average molecular weight is 278 g/mol. The fraction of sp³-hybridized carbons (Fsp3) is 0.643. The van der Waals surface area contributed by atoms with E-state index in [0.29, 0.717) is 0 Å². The van der Waals surface area contributed by atoms with Crippen molar-refractivity contribution < 1.29 is 0 Å². The SMILES string of the molecule is Cc1nc2sccn2c1CNCCCN1CCCC1. The summed E-state index contributed by atoms with van der Waals surface area (Å²) in [5, 5.41) is 5.65. The van der Waals surface area contributed by atoms with Gasteiger partial charge in [0.25, 0.3) is 0 Å². The number of hydrogen-bond acceptors (Lipinski definition) is 4. The minimum absolute atomic E-state index is 0.920. The molecule has 0 radical (unpaired) electrons. The minimum Gasteiger partial charge on any atom is -0.311 e. The Labute approximate surface area is 118 Å². The summed E-state index contributed by atoms with van der Waals surface area (Å²) >= 11 is 1.70. The zero-order chi connectivity index (χ0) is 13.1. The fourth-order valence-electron chi connectivity index (χ4n) is 2.79. The van der Waals surface area contributed by atoms with Gasteiger partial charge in [0.1, 0.15) is 0 Å². The predicted octanol–water partition coefficient (Wildman–Crippen LogP) is 2.28. The van der Waals surface area contributed by atoms with E-state index in [9.17, 15) is 0 Å². The molecule has 0 bridgehead atoms. The van der Waals surface area contributed by atoms with Crippen LogP contribution in [0.5, 0.6) is 0 Å². The monoisotopic (exact) mass is 278 g/mol. The molecule has 0 atom stereocenters. The molecule has 0 saturated carbocycles. The lowest BCUT2D eigenvalue weighted by Gasteiger charge is -2.14. The first-order chi connectivity index (χ1) is 9.34. The molecule has 19 heavy (non-hydrogen) atoms. The standard InChI is InChI=1S/C14H22N4S/c1-12-13(18-9-10-19-14(18)16-12)11-15-5-4-8-17-6-2-3-7-17/h9-10,15H,2-8,11H2,1H3. The lowest BCUT2D eigenvalue weighted by atomic mass is 10.3. The Kier molecular flexibility index (Phi) is 4.15. The molecule has 0 aliphatic carbocycles. The van der Waals surface area contributed by atoms with Crippen LogP contribution in [0.4, 0.5) is 0 Å². The summed E-state index contributed by atoms with van der Waals surface area (Å²) in [5.41, 5.74) is 2.45. The molecule has 2 aromatic heterocycles. The van der Waals surface area contributed by atoms with E-state index < -0.39 is 0 Å². The van der Waals surface area contributed by atoms with Crippen LogP contribution >= 0.6 is 11.3 Å². The van der Waals surface area contributed by atoms with Gasteiger partial charge in [0.2, 0.25) is 0 Å². The summed E-state index contributed by atoms with van der Waals surface area (Å²) in [4.78, 5) is 8.24. The third kappa shape index (κ3) is 2.99. The van der Waals surface area contributed by atoms with Crippen LogP contribution in [0.2, 0.25) is 0 Å². The summed E-state index contributed by atoms with van der Waals surface area (Å²) in [6, 6.07) is 0. The maximum atomic E-state index is 4.57. The molecule has 1 aliphatic rings. The second-order valence-electron chi connectivity index (χ2n) is 5.28. The van der Waals surface area contributed by atoms with E-state index in [1.807, 2.05) is 0 Å². The Morgan fingerprint density at radius 2 is 2.21 bits per heavy atom. The van der Waals surface area contributed by atoms with Crippen LogP contribution < -0.4 is 5.32 Å². The topological polar surface area (TPSA) is 32.6 Å². The smallest absolute Gasteiger partial charge is 0.194 e. The largest absolute Gasteiger partial charge is 0.311 e. The van der Waals surface area contributed by atoms with E-state index in [0.717, 1.165) is 23.7 Å².